The monoisotopic (exact) mass is 295 g/mol. The first-order valence-electron chi connectivity index (χ1n) is 5.76. The predicted octanol–water partition coefficient (Wildman–Crippen LogP) is 2.80. The van der Waals surface area contributed by atoms with Crippen molar-refractivity contribution in [2.75, 3.05) is 18.9 Å². The van der Waals surface area contributed by atoms with Gasteiger partial charge in [0.25, 0.3) is 0 Å². The van der Waals surface area contributed by atoms with E-state index in [1.807, 2.05) is 12.1 Å². The van der Waals surface area contributed by atoms with E-state index in [0.29, 0.717) is 11.6 Å². The van der Waals surface area contributed by atoms with E-state index in [1.54, 1.807) is 0 Å². The molecule has 0 saturated carbocycles. The number of anilines is 1. The Morgan fingerprint density at radius 3 is 3.12 bits per heavy atom. The van der Waals surface area contributed by atoms with E-state index < -0.39 is 0 Å². The molecule has 1 aromatic carbocycles. The van der Waals surface area contributed by atoms with Crippen LogP contribution in [0, 0.1) is 0 Å². The number of aromatic nitrogens is 2. The van der Waals surface area contributed by atoms with Crippen molar-refractivity contribution in [2.45, 2.75) is 18.8 Å². The SMILES string of the molecule is Nc1cc(Br)cc2[nH]c(C3CCCOC3)nc12. The van der Waals surface area contributed by atoms with Gasteiger partial charge in [-0.3, -0.25) is 0 Å². The van der Waals surface area contributed by atoms with Gasteiger partial charge in [0.05, 0.1) is 17.8 Å². The first kappa shape index (κ1) is 11.0. The van der Waals surface area contributed by atoms with Gasteiger partial charge in [0.1, 0.15) is 11.3 Å². The maximum absolute atomic E-state index is 5.96. The third-order valence-corrected chi connectivity index (χ3v) is 3.60. The summed E-state index contributed by atoms with van der Waals surface area (Å²) in [5, 5.41) is 0. The summed E-state index contributed by atoms with van der Waals surface area (Å²) in [6, 6.07) is 3.89. The van der Waals surface area contributed by atoms with E-state index >= 15 is 0 Å². The highest BCUT2D eigenvalue weighted by Crippen LogP contribution is 2.29. The number of nitrogens with one attached hydrogen (secondary N) is 1. The van der Waals surface area contributed by atoms with E-state index in [2.05, 4.69) is 25.9 Å². The molecule has 4 nitrogen and oxygen atoms in total. The van der Waals surface area contributed by atoms with E-state index in [-0.39, 0.29) is 0 Å². The van der Waals surface area contributed by atoms with Crippen LogP contribution in [0.15, 0.2) is 16.6 Å². The summed E-state index contributed by atoms with van der Waals surface area (Å²) >= 11 is 3.44. The molecule has 1 unspecified atom stereocenters. The van der Waals surface area contributed by atoms with Gasteiger partial charge in [-0.05, 0) is 25.0 Å². The Morgan fingerprint density at radius 1 is 1.47 bits per heavy atom. The van der Waals surface area contributed by atoms with Crippen molar-refractivity contribution in [1.82, 2.24) is 9.97 Å². The molecule has 0 amide bonds. The number of nitrogens with two attached hydrogens (primary N) is 1. The van der Waals surface area contributed by atoms with Crippen LogP contribution >= 0.6 is 15.9 Å². The molecule has 3 N–H and O–H groups in total. The standard InChI is InChI=1S/C12H14BrN3O/c13-8-4-9(14)11-10(5-8)15-12(16-11)7-2-1-3-17-6-7/h4-5,7H,1-3,6,14H2,(H,15,16). The number of hydrogen-bond acceptors (Lipinski definition) is 3. The number of halogens is 1. The lowest BCUT2D eigenvalue weighted by Gasteiger charge is -2.19. The fraction of sp³-hybridized carbons (Fsp3) is 0.417. The Balaban J connectivity index is 2.03. The summed E-state index contributed by atoms with van der Waals surface area (Å²) in [6.07, 6.45) is 2.22. The van der Waals surface area contributed by atoms with Crippen molar-refractivity contribution in [3.63, 3.8) is 0 Å². The van der Waals surface area contributed by atoms with Crippen molar-refractivity contribution >= 4 is 32.7 Å². The van der Waals surface area contributed by atoms with Crippen molar-refractivity contribution in [3.05, 3.63) is 22.4 Å². The molecular formula is C12H14BrN3O. The minimum atomic E-state index is 0.370. The lowest BCUT2D eigenvalue weighted by Crippen LogP contribution is -2.16. The number of nitrogen functional groups attached to an aromatic ring is 1. The van der Waals surface area contributed by atoms with Gasteiger partial charge in [-0.15, -0.1) is 0 Å². The molecule has 0 bridgehead atoms. The second-order valence-corrected chi connectivity index (χ2v) is 5.34. The Morgan fingerprint density at radius 2 is 2.35 bits per heavy atom. The third-order valence-electron chi connectivity index (χ3n) is 3.15. The number of ether oxygens (including phenoxy) is 1. The number of fused-ring (bicyclic) bond motifs is 1. The van der Waals surface area contributed by atoms with Crippen molar-refractivity contribution in [2.24, 2.45) is 0 Å². The van der Waals surface area contributed by atoms with Crippen LogP contribution in [0.1, 0.15) is 24.6 Å². The summed E-state index contributed by atoms with van der Waals surface area (Å²) in [5.41, 5.74) is 8.50. The largest absolute Gasteiger partial charge is 0.397 e. The maximum atomic E-state index is 5.96. The number of rotatable bonds is 1. The van der Waals surface area contributed by atoms with Gasteiger partial charge < -0.3 is 15.5 Å². The summed E-state index contributed by atoms with van der Waals surface area (Å²) in [6.45, 7) is 1.62. The van der Waals surface area contributed by atoms with Crippen molar-refractivity contribution in [3.8, 4) is 0 Å². The fourth-order valence-corrected chi connectivity index (χ4v) is 2.75. The van der Waals surface area contributed by atoms with Crippen molar-refractivity contribution in [1.29, 1.82) is 0 Å². The molecule has 0 aliphatic carbocycles. The van der Waals surface area contributed by atoms with Gasteiger partial charge in [0, 0.05) is 17.0 Å². The molecule has 0 spiro atoms. The van der Waals surface area contributed by atoms with Crippen LogP contribution < -0.4 is 5.73 Å². The molecule has 1 atom stereocenters. The number of benzene rings is 1. The summed E-state index contributed by atoms with van der Waals surface area (Å²) in [5.74, 6) is 1.36. The number of aromatic amines is 1. The molecule has 1 aromatic heterocycles. The van der Waals surface area contributed by atoms with Gasteiger partial charge in [-0.2, -0.15) is 0 Å². The van der Waals surface area contributed by atoms with E-state index in [4.69, 9.17) is 10.5 Å². The van der Waals surface area contributed by atoms with Gasteiger partial charge in [-0.1, -0.05) is 15.9 Å². The summed E-state index contributed by atoms with van der Waals surface area (Å²) in [4.78, 5) is 7.94. The molecule has 0 radical (unpaired) electrons. The van der Waals surface area contributed by atoms with Crippen LogP contribution in [-0.4, -0.2) is 23.2 Å². The Bertz CT molecular complexity index is 546. The number of hydrogen-bond donors (Lipinski definition) is 2. The molecule has 1 aliphatic rings. The minimum absolute atomic E-state index is 0.370. The number of nitrogens with zero attached hydrogens (tertiary/aromatic N) is 1. The Hall–Kier alpha value is -1.07. The average molecular weight is 296 g/mol. The Labute approximate surface area is 108 Å². The van der Waals surface area contributed by atoms with E-state index in [9.17, 15) is 0 Å². The van der Waals surface area contributed by atoms with Crippen LogP contribution in [0.3, 0.4) is 0 Å². The van der Waals surface area contributed by atoms with Crippen molar-refractivity contribution < 1.29 is 4.74 Å². The molecule has 1 aliphatic heterocycles. The quantitative estimate of drug-likeness (QED) is 0.795. The van der Waals surface area contributed by atoms with Gasteiger partial charge in [-0.25, -0.2) is 4.98 Å². The minimum Gasteiger partial charge on any atom is -0.397 e. The fourth-order valence-electron chi connectivity index (χ4n) is 2.28. The second-order valence-electron chi connectivity index (χ2n) is 4.43. The Kier molecular flexibility index (Phi) is 2.80. The third kappa shape index (κ3) is 2.05. The molecule has 2 aromatic rings. The lowest BCUT2D eigenvalue weighted by atomic mass is 10.0. The van der Waals surface area contributed by atoms with Gasteiger partial charge in [0.2, 0.25) is 0 Å². The maximum Gasteiger partial charge on any atom is 0.112 e. The summed E-state index contributed by atoms with van der Waals surface area (Å²) in [7, 11) is 0. The molecule has 5 heteroatoms. The number of imidazole rings is 1. The molecule has 1 saturated heterocycles. The first-order valence-corrected chi connectivity index (χ1v) is 6.56. The highest BCUT2D eigenvalue weighted by molar-refractivity contribution is 9.10. The molecule has 2 heterocycles. The normalized spacial score (nSPS) is 20.9. The highest BCUT2D eigenvalue weighted by Gasteiger charge is 2.20. The van der Waals surface area contributed by atoms with Crippen LogP contribution in [-0.2, 0) is 4.74 Å². The molecular weight excluding hydrogens is 282 g/mol. The highest BCUT2D eigenvalue weighted by atomic mass is 79.9. The molecule has 17 heavy (non-hydrogen) atoms. The molecule has 90 valence electrons. The number of H-pyrrole nitrogens is 1. The van der Waals surface area contributed by atoms with Gasteiger partial charge in [0.15, 0.2) is 0 Å². The average Bonchev–Trinajstić information content (AvgIpc) is 2.74. The lowest BCUT2D eigenvalue weighted by molar-refractivity contribution is 0.0784. The summed E-state index contributed by atoms with van der Waals surface area (Å²) < 4.78 is 6.46. The molecule has 1 fully saturated rings. The zero-order valence-corrected chi connectivity index (χ0v) is 11.0. The van der Waals surface area contributed by atoms with Crippen LogP contribution in [0.25, 0.3) is 11.0 Å². The first-order chi connectivity index (χ1) is 8.24. The van der Waals surface area contributed by atoms with Crippen LogP contribution in [0.5, 0.6) is 0 Å². The predicted molar refractivity (Wildman–Crippen MR) is 71.0 cm³/mol. The molecule has 3 rings (SSSR count). The smallest absolute Gasteiger partial charge is 0.112 e. The topological polar surface area (TPSA) is 63.9 Å². The zero-order chi connectivity index (χ0) is 11.8. The van der Waals surface area contributed by atoms with Gasteiger partial charge >= 0.3 is 0 Å². The van der Waals surface area contributed by atoms with Crippen LogP contribution in [0.2, 0.25) is 0 Å². The van der Waals surface area contributed by atoms with Crippen LogP contribution in [0.4, 0.5) is 5.69 Å². The zero-order valence-electron chi connectivity index (χ0n) is 9.37. The van der Waals surface area contributed by atoms with E-state index in [0.717, 1.165) is 47.4 Å². The van der Waals surface area contributed by atoms with E-state index in [1.165, 1.54) is 0 Å². The second kappa shape index (κ2) is 4.31.